The van der Waals surface area contributed by atoms with Crippen LogP contribution >= 0.6 is 11.8 Å². The molecule has 9 heteroatoms. The van der Waals surface area contributed by atoms with Crippen molar-refractivity contribution < 1.29 is 28.5 Å². The van der Waals surface area contributed by atoms with Crippen LogP contribution < -0.4 is 24.3 Å². The molecule has 2 aromatic carbocycles. The minimum atomic E-state index is -0.551. The lowest BCUT2D eigenvalue weighted by Gasteiger charge is -2.22. The van der Waals surface area contributed by atoms with Gasteiger partial charge in [-0.15, -0.1) is 11.8 Å². The Bertz CT molecular complexity index is 1040. The quantitative estimate of drug-likeness (QED) is 0.782. The average molecular weight is 428 g/mol. The Morgan fingerprint density at radius 3 is 2.83 bits per heavy atom. The van der Waals surface area contributed by atoms with Crippen molar-refractivity contribution >= 4 is 23.6 Å². The fourth-order valence-corrected chi connectivity index (χ4v) is 5.51. The van der Waals surface area contributed by atoms with Gasteiger partial charge in [0.25, 0.3) is 5.91 Å². The molecule has 156 valence electrons. The molecule has 0 aromatic heterocycles. The number of hydrogen-bond acceptors (Lipinski definition) is 7. The summed E-state index contributed by atoms with van der Waals surface area (Å²) >= 11 is 1.58. The molecule has 30 heavy (non-hydrogen) atoms. The molecule has 0 spiro atoms. The van der Waals surface area contributed by atoms with Crippen molar-refractivity contribution in [3.8, 4) is 23.0 Å². The van der Waals surface area contributed by atoms with Crippen LogP contribution in [0.25, 0.3) is 0 Å². The first-order valence-corrected chi connectivity index (χ1v) is 10.5. The van der Waals surface area contributed by atoms with Crippen LogP contribution in [0.15, 0.2) is 30.3 Å². The second kappa shape index (κ2) is 7.32. The summed E-state index contributed by atoms with van der Waals surface area (Å²) in [7, 11) is 3.05. The van der Waals surface area contributed by atoms with Crippen LogP contribution in [-0.2, 0) is 11.3 Å². The third-order valence-corrected chi connectivity index (χ3v) is 6.80. The zero-order chi connectivity index (χ0) is 20.8. The van der Waals surface area contributed by atoms with Gasteiger partial charge in [0.2, 0.25) is 12.7 Å². The molecule has 0 radical (unpaired) electrons. The molecule has 0 saturated carbocycles. The second-order valence-electron chi connectivity index (χ2n) is 7.08. The van der Waals surface area contributed by atoms with E-state index in [0.29, 0.717) is 40.9 Å². The van der Waals surface area contributed by atoms with E-state index in [9.17, 15) is 9.59 Å². The number of nitrogens with zero attached hydrogens (tertiary/aromatic N) is 1. The molecule has 3 heterocycles. The van der Waals surface area contributed by atoms with E-state index in [-0.39, 0.29) is 24.0 Å². The predicted molar refractivity (Wildman–Crippen MR) is 109 cm³/mol. The molecule has 8 nitrogen and oxygen atoms in total. The first-order valence-electron chi connectivity index (χ1n) is 9.47. The molecule has 3 aliphatic heterocycles. The second-order valence-corrected chi connectivity index (χ2v) is 8.20. The smallest absolute Gasteiger partial charge is 0.260 e. The molecule has 1 saturated heterocycles. The number of hydrogen-bond donors (Lipinski definition) is 1. The van der Waals surface area contributed by atoms with E-state index in [1.165, 1.54) is 14.2 Å². The zero-order valence-corrected chi connectivity index (χ0v) is 17.3. The lowest BCUT2D eigenvalue weighted by Crippen LogP contribution is -2.45. The van der Waals surface area contributed by atoms with Gasteiger partial charge < -0.3 is 29.2 Å². The number of nitrogens with one attached hydrogen (secondary N) is 1. The lowest BCUT2D eigenvalue weighted by molar-refractivity contribution is -0.124. The van der Waals surface area contributed by atoms with Gasteiger partial charge in [-0.25, -0.2) is 0 Å². The number of rotatable bonds is 5. The van der Waals surface area contributed by atoms with E-state index < -0.39 is 6.04 Å². The molecule has 0 unspecified atom stereocenters. The van der Waals surface area contributed by atoms with Crippen LogP contribution in [0.1, 0.15) is 26.9 Å². The Balaban J connectivity index is 1.33. The van der Waals surface area contributed by atoms with Gasteiger partial charge in [0.1, 0.15) is 11.4 Å². The minimum Gasteiger partial charge on any atom is -0.493 e. The van der Waals surface area contributed by atoms with E-state index in [2.05, 4.69) is 5.32 Å². The fourth-order valence-electron chi connectivity index (χ4n) is 4.05. The van der Waals surface area contributed by atoms with Crippen molar-refractivity contribution in [2.24, 2.45) is 0 Å². The maximum absolute atomic E-state index is 13.2. The highest BCUT2D eigenvalue weighted by Gasteiger charge is 2.50. The Morgan fingerprint density at radius 2 is 2.03 bits per heavy atom. The molecule has 2 atom stereocenters. The standard InChI is InChI=1S/C21H20N2O6S/c1-26-15-6-4-12-17(18(15)27-2)20(25)23-13(9-30-21(12)23)19(24)22-8-11-3-5-14-16(7-11)29-10-28-14/h3-7,13,21H,8-10H2,1-2H3,(H,22,24)/t13-,21-/m0/s1. The van der Waals surface area contributed by atoms with Crippen molar-refractivity contribution in [1.29, 1.82) is 0 Å². The van der Waals surface area contributed by atoms with Gasteiger partial charge in [0, 0.05) is 17.9 Å². The molecule has 0 aliphatic carbocycles. The van der Waals surface area contributed by atoms with Crippen LogP contribution in [-0.4, -0.2) is 49.5 Å². The number of ether oxygens (including phenoxy) is 4. The number of fused-ring (bicyclic) bond motifs is 4. The molecular formula is C21H20N2O6S. The lowest BCUT2D eigenvalue weighted by atomic mass is 10.1. The molecule has 0 bridgehead atoms. The van der Waals surface area contributed by atoms with Gasteiger partial charge >= 0.3 is 0 Å². The van der Waals surface area contributed by atoms with Crippen molar-refractivity contribution in [2.75, 3.05) is 26.8 Å². The Labute approximate surface area is 177 Å². The fraction of sp³-hybridized carbons (Fsp3) is 0.333. The van der Waals surface area contributed by atoms with E-state index >= 15 is 0 Å². The summed E-state index contributed by atoms with van der Waals surface area (Å²) in [6.45, 7) is 0.547. The molecule has 2 aromatic rings. The topological polar surface area (TPSA) is 86.3 Å². The highest BCUT2D eigenvalue weighted by Crippen LogP contribution is 2.52. The van der Waals surface area contributed by atoms with Gasteiger partial charge in [-0.1, -0.05) is 12.1 Å². The third-order valence-electron chi connectivity index (χ3n) is 5.50. The summed E-state index contributed by atoms with van der Waals surface area (Å²) in [4.78, 5) is 27.8. The normalized spacial score (nSPS) is 20.7. The number of carbonyl (C=O) groups is 2. The highest BCUT2D eigenvalue weighted by molar-refractivity contribution is 7.99. The van der Waals surface area contributed by atoms with Crippen molar-refractivity contribution in [3.63, 3.8) is 0 Å². The number of thioether (sulfide) groups is 1. The molecular weight excluding hydrogens is 408 g/mol. The van der Waals surface area contributed by atoms with Gasteiger partial charge in [-0.2, -0.15) is 0 Å². The first kappa shape index (κ1) is 18.9. The molecule has 1 N–H and O–H groups in total. The zero-order valence-electron chi connectivity index (χ0n) is 16.5. The summed E-state index contributed by atoms with van der Waals surface area (Å²) in [6.07, 6.45) is 0. The largest absolute Gasteiger partial charge is 0.493 e. The van der Waals surface area contributed by atoms with Crippen molar-refractivity contribution in [3.05, 3.63) is 47.0 Å². The predicted octanol–water partition coefficient (Wildman–Crippen LogP) is 2.32. The Hall–Kier alpha value is -3.07. The van der Waals surface area contributed by atoms with E-state index in [1.807, 2.05) is 24.3 Å². The highest BCUT2D eigenvalue weighted by atomic mass is 32.2. The average Bonchev–Trinajstić information content (AvgIpc) is 3.47. The van der Waals surface area contributed by atoms with Crippen molar-refractivity contribution in [1.82, 2.24) is 10.2 Å². The Morgan fingerprint density at radius 1 is 1.20 bits per heavy atom. The molecule has 3 aliphatic rings. The SMILES string of the molecule is COc1ccc2c(c1OC)C(=O)N1[C@H](C(=O)NCc3ccc4c(c3)OCO4)CS[C@@H]21. The Kier molecular flexibility index (Phi) is 4.62. The van der Waals surface area contributed by atoms with Crippen LogP contribution in [0, 0.1) is 0 Å². The van der Waals surface area contributed by atoms with Crippen LogP contribution in [0.4, 0.5) is 0 Å². The van der Waals surface area contributed by atoms with Gasteiger partial charge in [0.05, 0.1) is 19.8 Å². The minimum absolute atomic E-state index is 0.185. The summed E-state index contributed by atoms with van der Waals surface area (Å²) in [6, 6.07) is 8.67. The maximum atomic E-state index is 13.2. The van der Waals surface area contributed by atoms with Crippen LogP contribution in [0.5, 0.6) is 23.0 Å². The van der Waals surface area contributed by atoms with E-state index in [0.717, 1.165) is 11.1 Å². The van der Waals surface area contributed by atoms with E-state index in [4.69, 9.17) is 18.9 Å². The number of carbonyl (C=O) groups excluding carboxylic acids is 2. The summed E-state index contributed by atoms with van der Waals surface area (Å²) in [5.74, 6) is 2.43. The maximum Gasteiger partial charge on any atom is 0.260 e. The van der Waals surface area contributed by atoms with Gasteiger partial charge in [0.15, 0.2) is 23.0 Å². The first-order chi connectivity index (χ1) is 14.6. The van der Waals surface area contributed by atoms with Crippen LogP contribution in [0.2, 0.25) is 0 Å². The summed E-state index contributed by atoms with van der Waals surface area (Å²) in [5, 5.41) is 2.74. The molecule has 1 fully saturated rings. The molecule has 5 rings (SSSR count). The van der Waals surface area contributed by atoms with E-state index in [1.54, 1.807) is 22.7 Å². The summed E-state index contributed by atoms with van der Waals surface area (Å²) < 4.78 is 21.5. The van der Waals surface area contributed by atoms with Gasteiger partial charge in [-0.3, -0.25) is 9.59 Å². The monoisotopic (exact) mass is 428 g/mol. The molecule has 2 amide bonds. The van der Waals surface area contributed by atoms with Crippen molar-refractivity contribution in [2.45, 2.75) is 18.0 Å². The number of amides is 2. The number of methoxy groups -OCH3 is 2. The van der Waals surface area contributed by atoms with Gasteiger partial charge in [-0.05, 0) is 23.8 Å². The third kappa shape index (κ3) is 2.84. The summed E-state index contributed by atoms with van der Waals surface area (Å²) in [5.41, 5.74) is 2.23. The van der Waals surface area contributed by atoms with Crippen LogP contribution in [0.3, 0.4) is 0 Å². The number of benzene rings is 2.